The number of nitrogens with zero attached hydrogens (tertiary/aromatic N) is 1. The number of rotatable bonds is 6. The molecule has 0 spiro atoms. The molecule has 0 radical (unpaired) electrons. The SMILES string of the molecule is CCC(=O)C1=C(O)C(=O)N(Cc2ccc(C(=O)O)cc2)C1c1ccc(C(C)(C)C)cc1. The number of aromatic carboxylic acids is 1. The maximum atomic E-state index is 12.9. The van der Waals surface area contributed by atoms with Crippen molar-refractivity contribution >= 4 is 17.7 Å². The van der Waals surface area contributed by atoms with Crippen LogP contribution in [0.3, 0.4) is 0 Å². The monoisotopic (exact) mass is 421 g/mol. The summed E-state index contributed by atoms with van der Waals surface area (Å²) in [5, 5.41) is 19.6. The topological polar surface area (TPSA) is 94.9 Å². The predicted octanol–water partition coefficient (Wildman–Crippen LogP) is 4.56. The number of Topliss-reactive ketones (excluding diaryl/α,β-unsaturated/α-hetero) is 1. The van der Waals surface area contributed by atoms with E-state index in [1.807, 2.05) is 24.3 Å². The highest BCUT2D eigenvalue weighted by Gasteiger charge is 2.42. The summed E-state index contributed by atoms with van der Waals surface area (Å²) < 4.78 is 0. The number of ketones is 1. The molecule has 1 heterocycles. The normalized spacial score (nSPS) is 16.7. The minimum absolute atomic E-state index is 0.0460. The van der Waals surface area contributed by atoms with Gasteiger partial charge in [0.2, 0.25) is 0 Å². The molecule has 162 valence electrons. The van der Waals surface area contributed by atoms with Crippen molar-refractivity contribution in [3.8, 4) is 0 Å². The third-order valence-electron chi connectivity index (χ3n) is 5.57. The van der Waals surface area contributed by atoms with Crippen LogP contribution in [0.15, 0.2) is 59.9 Å². The zero-order valence-corrected chi connectivity index (χ0v) is 18.2. The van der Waals surface area contributed by atoms with Gasteiger partial charge in [-0.1, -0.05) is 64.1 Å². The second kappa shape index (κ2) is 8.38. The zero-order valence-electron chi connectivity index (χ0n) is 18.2. The highest BCUT2D eigenvalue weighted by atomic mass is 16.4. The Labute approximate surface area is 181 Å². The van der Waals surface area contributed by atoms with Crippen LogP contribution < -0.4 is 0 Å². The Morgan fingerprint density at radius 3 is 2.06 bits per heavy atom. The fourth-order valence-electron chi connectivity index (χ4n) is 3.75. The second-order valence-corrected chi connectivity index (χ2v) is 8.75. The van der Waals surface area contributed by atoms with Gasteiger partial charge in [0.1, 0.15) is 0 Å². The van der Waals surface area contributed by atoms with Crippen molar-refractivity contribution in [3.05, 3.63) is 82.1 Å². The molecule has 2 aromatic rings. The van der Waals surface area contributed by atoms with Crippen molar-refractivity contribution in [3.63, 3.8) is 0 Å². The fourth-order valence-corrected chi connectivity index (χ4v) is 3.75. The summed E-state index contributed by atoms with van der Waals surface area (Å²) in [6.07, 6.45) is 0.171. The molecule has 0 aromatic heterocycles. The van der Waals surface area contributed by atoms with Crippen LogP contribution in [0.4, 0.5) is 0 Å². The molecule has 1 amide bonds. The number of hydrogen-bond donors (Lipinski definition) is 2. The molecule has 3 rings (SSSR count). The Morgan fingerprint density at radius 2 is 1.58 bits per heavy atom. The lowest BCUT2D eigenvalue weighted by Crippen LogP contribution is -2.30. The maximum Gasteiger partial charge on any atom is 0.335 e. The van der Waals surface area contributed by atoms with E-state index in [1.54, 1.807) is 19.1 Å². The minimum Gasteiger partial charge on any atom is -0.503 e. The van der Waals surface area contributed by atoms with Gasteiger partial charge in [-0.3, -0.25) is 9.59 Å². The van der Waals surface area contributed by atoms with Crippen molar-refractivity contribution in [1.29, 1.82) is 0 Å². The first-order valence-corrected chi connectivity index (χ1v) is 10.2. The molecule has 0 bridgehead atoms. The van der Waals surface area contributed by atoms with Crippen LogP contribution >= 0.6 is 0 Å². The summed E-state index contributed by atoms with van der Waals surface area (Å²) in [4.78, 5) is 38.1. The number of hydrogen-bond acceptors (Lipinski definition) is 4. The van der Waals surface area contributed by atoms with Crippen LogP contribution in [0.1, 0.15) is 67.2 Å². The highest BCUT2D eigenvalue weighted by molar-refractivity contribution is 6.08. The van der Waals surface area contributed by atoms with Crippen molar-refractivity contribution in [2.45, 2.75) is 52.1 Å². The molecule has 2 N–H and O–H groups in total. The molecular formula is C25H27NO5. The summed E-state index contributed by atoms with van der Waals surface area (Å²) in [7, 11) is 0. The fraction of sp³-hybridized carbons (Fsp3) is 0.320. The van der Waals surface area contributed by atoms with E-state index < -0.39 is 23.7 Å². The van der Waals surface area contributed by atoms with E-state index in [0.717, 1.165) is 11.1 Å². The predicted molar refractivity (Wildman–Crippen MR) is 117 cm³/mol. The molecule has 1 aliphatic heterocycles. The quantitative estimate of drug-likeness (QED) is 0.713. The molecule has 0 saturated heterocycles. The first-order valence-electron chi connectivity index (χ1n) is 10.2. The smallest absolute Gasteiger partial charge is 0.335 e. The largest absolute Gasteiger partial charge is 0.503 e. The number of carboxylic acid groups (broad SMARTS) is 1. The molecule has 0 fully saturated rings. The third kappa shape index (κ3) is 4.38. The van der Waals surface area contributed by atoms with Gasteiger partial charge in [0.05, 0.1) is 17.2 Å². The zero-order chi connectivity index (χ0) is 22.9. The first-order chi connectivity index (χ1) is 14.5. The second-order valence-electron chi connectivity index (χ2n) is 8.75. The van der Waals surface area contributed by atoms with Gasteiger partial charge in [-0.15, -0.1) is 0 Å². The molecule has 0 saturated carbocycles. The lowest BCUT2D eigenvalue weighted by atomic mass is 9.85. The van der Waals surface area contributed by atoms with Gasteiger partial charge in [0.25, 0.3) is 5.91 Å². The average Bonchev–Trinajstić information content (AvgIpc) is 2.98. The van der Waals surface area contributed by atoms with Crippen molar-refractivity contribution in [1.82, 2.24) is 4.90 Å². The molecular weight excluding hydrogens is 394 g/mol. The number of aliphatic hydroxyl groups is 1. The van der Waals surface area contributed by atoms with Gasteiger partial charge < -0.3 is 15.1 Å². The number of carbonyl (C=O) groups excluding carboxylic acids is 2. The van der Waals surface area contributed by atoms with Gasteiger partial charge >= 0.3 is 5.97 Å². The van der Waals surface area contributed by atoms with Crippen LogP contribution in [-0.2, 0) is 21.5 Å². The Hall–Kier alpha value is -3.41. The van der Waals surface area contributed by atoms with Crippen LogP contribution in [0.2, 0.25) is 0 Å². The summed E-state index contributed by atoms with van der Waals surface area (Å²) in [6.45, 7) is 8.14. The third-order valence-corrected chi connectivity index (χ3v) is 5.57. The van der Waals surface area contributed by atoms with Gasteiger partial charge in [-0.2, -0.15) is 0 Å². The molecule has 6 nitrogen and oxygen atoms in total. The number of carboxylic acids is 1. The number of carbonyl (C=O) groups is 3. The van der Waals surface area contributed by atoms with E-state index >= 15 is 0 Å². The van der Waals surface area contributed by atoms with Crippen LogP contribution in [0, 0.1) is 0 Å². The molecule has 1 aliphatic rings. The molecule has 31 heavy (non-hydrogen) atoms. The molecule has 0 aliphatic carbocycles. The summed E-state index contributed by atoms with van der Waals surface area (Å²) >= 11 is 0. The highest BCUT2D eigenvalue weighted by Crippen LogP contribution is 2.39. The Bertz CT molecular complexity index is 1040. The minimum atomic E-state index is -1.03. The lowest BCUT2D eigenvalue weighted by Gasteiger charge is -2.28. The first kappa shape index (κ1) is 22.3. The van der Waals surface area contributed by atoms with E-state index in [2.05, 4.69) is 20.8 Å². The van der Waals surface area contributed by atoms with Crippen molar-refractivity contribution < 1.29 is 24.6 Å². The van der Waals surface area contributed by atoms with E-state index in [1.165, 1.54) is 17.0 Å². The van der Waals surface area contributed by atoms with E-state index in [4.69, 9.17) is 5.11 Å². The average molecular weight is 421 g/mol. The molecule has 1 atom stereocenters. The van der Waals surface area contributed by atoms with Crippen LogP contribution in [-0.4, -0.2) is 32.8 Å². The molecule has 1 unspecified atom stereocenters. The van der Waals surface area contributed by atoms with Gasteiger partial charge in [0.15, 0.2) is 11.5 Å². The molecule has 2 aromatic carbocycles. The van der Waals surface area contributed by atoms with Crippen molar-refractivity contribution in [2.75, 3.05) is 0 Å². The van der Waals surface area contributed by atoms with E-state index in [0.29, 0.717) is 5.56 Å². The Kier molecular flexibility index (Phi) is 6.02. The summed E-state index contributed by atoms with van der Waals surface area (Å²) in [5.74, 6) is -2.43. The summed E-state index contributed by atoms with van der Waals surface area (Å²) in [5.41, 5.74) is 2.77. The van der Waals surface area contributed by atoms with Crippen molar-refractivity contribution in [2.24, 2.45) is 0 Å². The van der Waals surface area contributed by atoms with Gasteiger partial charge in [0, 0.05) is 13.0 Å². The lowest BCUT2D eigenvalue weighted by molar-refractivity contribution is -0.130. The maximum absolute atomic E-state index is 12.9. The standard InChI is InChI=1S/C25H27NO5/c1-5-19(27)20-21(16-10-12-18(13-11-16)25(2,3)4)26(23(29)22(20)28)14-15-6-8-17(9-7-15)24(30)31/h6-13,21,28H,5,14H2,1-4H3,(H,30,31). The summed E-state index contributed by atoms with van der Waals surface area (Å²) in [6, 6.07) is 13.2. The number of benzene rings is 2. The van der Waals surface area contributed by atoms with Gasteiger partial charge in [-0.05, 0) is 34.2 Å². The molecule has 6 heteroatoms. The van der Waals surface area contributed by atoms with Gasteiger partial charge in [-0.25, -0.2) is 4.79 Å². The van der Waals surface area contributed by atoms with E-state index in [-0.39, 0.29) is 35.3 Å². The van der Waals surface area contributed by atoms with Crippen LogP contribution in [0.25, 0.3) is 0 Å². The Morgan fingerprint density at radius 1 is 1.00 bits per heavy atom. The number of aliphatic hydroxyl groups excluding tert-OH is 1. The Balaban J connectivity index is 2.01. The number of amides is 1. The van der Waals surface area contributed by atoms with Crippen LogP contribution in [0.5, 0.6) is 0 Å². The van der Waals surface area contributed by atoms with E-state index in [9.17, 15) is 19.5 Å².